The smallest absolute Gasteiger partial charge is 0.279 e. The van der Waals surface area contributed by atoms with E-state index >= 15 is 0 Å². The summed E-state index contributed by atoms with van der Waals surface area (Å²) in [7, 11) is 0. The molecule has 2 unspecified atom stereocenters. The van der Waals surface area contributed by atoms with Gasteiger partial charge in [-0.05, 0) is 123 Å². The number of aryl methyl sites for hydroxylation is 3. The molecule has 3 heterocycles. The second kappa shape index (κ2) is 17.8. The van der Waals surface area contributed by atoms with E-state index in [4.69, 9.17) is 27.0 Å². The first kappa shape index (κ1) is 42.2. The summed E-state index contributed by atoms with van der Waals surface area (Å²) in [5, 5.41) is 0. The highest BCUT2D eigenvalue weighted by Crippen LogP contribution is 2.50. The Morgan fingerprint density at radius 1 is 0.533 bits per heavy atom. The van der Waals surface area contributed by atoms with Gasteiger partial charge in [0.05, 0.1) is 11.4 Å². The van der Waals surface area contributed by atoms with Gasteiger partial charge in [-0.2, -0.15) is 0 Å². The number of hydrogen-bond acceptors (Lipinski definition) is 6. The molecule has 7 heteroatoms. The standard InChI is InChI=1S/C45H50N2O2.2C4H7O.Al/c1-8-44(9-2,36-18-14-12-15-19-36)38-26-32(6)24-34(42(38)48)29-46-40-23-22-31(5)28-41(40)47-30-35-25-33(7)27-39(43(35)49)45(10-3,11-4)37-20-16-13-17-21-37;2*1-2-4-5-3-1;/h12-30,48-49H,8-11H2,1-7H3;2*3H,1-2,4H2;/p-2. The molecule has 0 bridgehead atoms. The number of fused-ring (bicyclic) bond motifs is 3. The molecule has 60 heavy (non-hydrogen) atoms. The maximum Gasteiger partial charge on any atom is 0.279 e. The molecule has 6 nitrogen and oxygen atoms in total. The van der Waals surface area contributed by atoms with Crippen LogP contribution in [0.25, 0.3) is 0 Å². The molecule has 0 aromatic heterocycles. The summed E-state index contributed by atoms with van der Waals surface area (Å²) in [6.07, 6.45) is 11.1. The first-order valence-electron chi connectivity index (χ1n) is 22.6. The molecule has 0 N–H and O–H groups in total. The Balaban J connectivity index is 1.50. The Morgan fingerprint density at radius 3 is 1.40 bits per heavy atom. The van der Waals surface area contributed by atoms with Crippen LogP contribution in [0.3, 0.4) is 0 Å². The minimum atomic E-state index is -4.14. The van der Waals surface area contributed by atoms with E-state index in [-0.39, 0.29) is 20.8 Å². The topological polar surface area (TPSA) is 61.6 Å². The number of rotatable bonds is 10. The van der Waals surface area contributed by atoms with Gasteiger partial charge in [-0.3, -0.25) is 9.98 Å². The largest absolute Gasteiger partial charge is 0.876 e. The van der Waals surface area contributed by atoms with E-state index in [9.17, 15) is 0 Å². The SMILES string of the molecule is CCC(CC)(c1ccccc1)c1cc(C)cc2c1[O][Al-2]([CH]1CCCO1)([CH]1CCCO1)[O]c1c(cc(C)cc1C(CC)(CC)c1ccccc1)C=Nc1cc(C)ccc1N=C2. The maximum absolute atomic E-state index is 8.18. The molecule has 3 aliphatic heterocycles. The Bertz CT molecular complexity index is 2320. The van der Waals surface area contributed by atoms with Gasteiger partial charge >= 0.3 is 0 Å². The van der Waals surface area contributed by atoms with Crippen molar-refractivity contribution in [2.24, 2.45) is 9.98 Å². The van der Waals surface area contributed by atoms with Crippen LogP contribution in [-0.4, -0.2) is 49.3 Å². The third-order valence-corrected chi connectivity index (χ3v) is 18.3. The third-order valence-electron chi connectivity index (χ3n) is 14.0. The molecule has 0 amide bonds. The number of ether oxygens (including phenoxy) is 2. The molecule has 0 aliphatic carbocycles. The summed E-state index contributed by atoms with van der Waals surface area (Å²) in [6.45, 7) is 17.1. The van der Waals surface area contributed by atoms with E-state index in [1.807, 2.05) is 12.4 Å². The number of nitrogens with zero attached hydrogens (tertiary/aromatic N) is 2. The number of benzene rings is 5. The maximum atomic E-state index is 8.18. The van der Waals surface area contributed by atoms with Crippen LogP contribution in [-0.2, 0) is 20.3 Å². The Hall–Kier alpha value is -4.51. The zero-order valence-corrected chi connectivity index (χ0v) is 38.0. The highest BCUT2D eigenvalue weighted by atomic mass is 27.3. The van der Waals surface area contributed by atoms with Crippen molar-refractivity contribution in [3.05, 3.63) is 153 Å². The number of aliphatic imine (C=N–C) groups is 2. The van der Waals surface area contributed by atoms with E-state index in [0.29, 0.717) is 13.2 Å². The average molecular weight is 818 g/mol. The second-order valence-corrected chi connectivity index (χ2v) is 21.1. The van der Waals surface area contributed by atoms with Crippen molar-refractivity contribution in [1.29, 1.82) is 0 Å². The van der Waals surface area contributed by atoms with Crippen LogP contribution in [0.2, 0.25) is 0 Å². The lowest BCUT2D eigenvalue weighted by atomic mass is 9.69. The van der Waals surface area contributed by atoms with Crippen molar-refractivity contribution >= 4 is 37.5 Å². The lowest BCUT2D eigenvalue weighted by molar-refractivity contribution is 0.0802. The van der Waals surface area contributed by atoms with Crippen molar-refractivity contribution in [1.82, 2.24) is 0 Å². The van der Waals surface area contributed by atoms with E-state index in [2.05, 4.69) is 152 Å². The fourth-order valence-electron chi connectivity index (χ4n) is 10.7. The van der Waals surface area contributed by atoms with Crippen molar-refractivity contribution in [2.75, 3.05) is 13.2 Å². The highest BCUT2D eigenvalue weighted by Gasteiger charge is 2.45. The molecule has 0 spiro atoms. The molecule has 8 rings (SSSR count). The first-order chi connectivity index (χ1) is 29.2. The summed E-state index contributed by atoms with van der Waals surface area (Å²) in [5.41, 5.74) is 11.1. The number of hydrogen-bond donors (Lipinski definition) is 0. The minimum Gasteiger partial charge on any atom is -0.876 e. The van der Waals surface area contributed by atoms with Gasteiger partial charge < -0.3 is 17.1 Å². The van der Waals surface area contributed by atoms with Crippen molar-refractivity contribution in [3.8, 4) is 11.5 Å². The molecular formula is C53H62AlN2O4-2. The molecule has 3 aliphatic rings. The zero-order valence-electron chi connectivity index (χ0n) is 36.8. The van der Waals surface area contributed by atoms with Crippen molar-refractivity contribution in [3.63, 3.8) is 0 Å². The molecule has 313 valence electrons. The fourth-order valence-corrected chi connectivity index (χ4v) is 15.3. The monoisotopic (exact) mass is 817 g/mol. The van der Waals surface area contributed by atoms with Gasteiger partial charge in [-0.1, -0.05) is 129 Å². The predicted molar refractivity (Wildman–Crippen MR) is 249 cm³/mol. The van der Waals surface area contributed by atoms with E-state index < -0.39 is 13.7 Å². The molecule has 5 aromatic carbocycles. The summed E-state index contributed by atoms with van der Waals surface area (Å²) in [6, 6.07) is 37.4. The van der Waals surface area contributed by atoms with Crippen LogP contribution in [0.15, 0.2) is 113 Å². The molecule has 2 saturated heterocycles. The van der Waals surface area contributed by atoms with Gasteiger partial charge in [0.25, 0.3) is 13.7 Å². The Labute approximate surface area is 361 Å². The molecule has 0 saturated carbocycles. The van der Waals surface area contributed by atoms with Gasteiger partial charge in [0.1, 0.15) is 0 Å². The summed E-state index contributed by atoms with van der Waals surface area (Å²) >= 11 is -4.14. The Kier molecular flexibility index (Phi) is 12.5. The van der Waals surface area contributed by atoms with E-state index in [1.165, 1.54) is 11.1 Å². The summed E-state index contributed by atoms with van der Waals surface area (Å²) in [5.74, 6) is 1.66. The average Bonchev–Trinajstić information content (AvgIpc) is 4.03. The van der Waals surface area contributed by atoms with Crippen LogP contribution in [0.1, 0.15) is 129 Å². The molecule has 2 atom stereocenters. The van der Waals surface area contributed by atoms with Gasteiger partial charge in [-0.15, -0.1) is 0 Å². The van der Waals surface area contributed by atoms with Crippen molar-refractivity contribution in [2.45, 2.75) is 121 Å². The predicted octanol–water partition coefficient (Wildman–Crippen LogP) is 13.0. The van der Waals surface area contributed by atoms with E-state index in [0.717, 1.165) is 113 Å². The van der Waals surface area contributed by atoms with Crippen LogP contribution in [0.4, 0.5) is 11.4 Å². The molecular weight excluding hydrogens is 756 g/mol. The van der Waals surface area contributed by atoms with Crippen molar-refractivity contribution < 1.29 is 17.1 Å². The third kappa shape index (κ3) is 7.68. The van der Waals surface area contributed by atoms with Crippen LogP contribution in [0, 0.1) is 20.8 Å². The van der Waals surface area contributed by atoms with Crippen LogP contribution in [0.5, 0.6) is 11.5 Å². The van der Waals surface area contributed by atoms with Gasteiger partial charge in [0.2, 0.25) is 0 Å². The molecule has 5 aromatic rings. The fraction of sp³-hybridized carbons (Fsp3) is 0.396. The minimum absolute atomic E-state index is 0.243. The van der Waals surface area contributed by atoms with Gasteiger partial charge in [0.15, 0.2) is 0 Å². The zero-order chi connectivity index (χ0) is 41.9. The highest BCUT2D eigenvalue weighted by molar-refractivity contribution is 6.72. The molecule has 2 fully saturated rings. The normalized spacial score (nSPS) is 20.5. The lowest BCUT2D eigenvalue weighted by Crippen LogP contribution is -2.67. The van der Waals surface area contributed by atoms with E-state index in [1.54, 1.807) is 0 Å². The quantitative estimate of drug-likeness (QED) is 0.132. The second-order valence-electron chi connectivity index (χ2n) is 17.5. The Morgan fingerprint density at radius 2 is 0.983 bits per heavy atom. The summed E-state index contributed by atoms with van der Waals surface area (Å²) < 4.78 is 30.2. The lowest BCUT2D eigenvalue weighted by Gasteiger charge is -2.63. The van der Waals surface area contributed by atoms with Gasteiger partial charge in [0, 0.05) is 59.1 Å². The van der Waals surface area contributed by atoms with Gasteiger partial charge in [-0.25, -0.2) is 0 Å². The summed E-state index contributed by atoms with van der Waals surface area (Å²) in [4.78, 5) is 10.0. The molecule has 0 radical (unpaired) electrons. The van der Waals surface area contributed by atoms with Crippen LogP contribution >= 0.6 is 0 Å². The van der Waals surface area contributed by atoms with Crippen LogP contribution < -0.4 is 7.58 Å². The first-order valence-corrected chi connectivity index (χ1v) is 24.8.